The Bertz CT molecular complexity index is 711. The molecule has 0 aliphatic carbocycles. The molecular formula is C29H50ClN3O2. The van der Waals surface area contributed by atoms with Crippen molar-refractivity contribution in [3.8, 4) is 0 Å². The van der Waals surface area contributed by atoms with E-state index in [0.29, 0.717) is 22.9 Å². The third kappa shape index (κ3) is 15.8. The molecule has 0 radical (unpaired) electrons. The Balaban J connectivity index is 2.18. The molecule has 0 heterocycles. The number of anilines is 2. The molecule has 6 heteroatoms. The number of hydrogen-bond acceptors (Lipinski definition) is 3. The molecule has 2 amide bonds. The first-order valence-electron chi connectivity index (χ1n) is 14.1. The number of nitrogens with one attached hydrogen (secondary N) is 2. The van der Waals surface area contributed by atoms with Crippen molar-refractivity contribution >= 4 is 34.8 Å². The Morgan fingerprint density at radius 1 is 0.829 bits per heavy atom. The zero-order valence-electron chi connectivity index (χ0n) is 22.3. The number of carbonyl (C=O) groups excluding carboxylic acids is 2. The molecule has 1 rings (SSSR count). The molecular weight excluding hydrogens is 458 g/mol. The molecule has 0 bridgehead atoms. The van der Waals surface area contributed by atoms with Crippen LogP contribution in [0.25, 0.3) is 0 Å². The maximum absolute atomic E-state index is 12.7. The Morgan fingerprint density at radius 3 is 1.94 bits per heavy atom. The number of halogens is 1. The quantitative estimate of drug-likeness (QED) is 0.115. The fourth-order valence-corrected chi connectivity index (χ4v) is 4.49. The summed E-state index contributed by atoms with van der Waals surface area (Å²) in [6, 6.07) is 5.00. The number of benzene rings is 1. The van der Waals surface area contributed by atoms with Crippen molar-refractivity contribution in [1.82, 2.24) is 5.32 Å². The van der Waals surface area contributed by atoms with Gasteiger partial charge >= 0.3 is 0 Å². The molecule has 0 saturated carbocycles. The van der Waals surface area contributed by atoms with Gasteiger partial charge in [0.15, 0.2) is 0 Å². The van der Waals surface area contributed by atoms with E-state index in [9.17, 15) is 9.59 Å². The number of unbranched alkanes of at least 4 members (excludes halogenated alkanes) is 12. The average molecular weight is 508 g/mol. The number of rotatable bonds is 21. The molecule has 1 aromatic carbocycles. The topological polar surface area (TPSA) is 84.2 Å². The molecule has 1 aromatic rings. The first-order chi connectivity index (χ1) is 17.0. The van der Waals surface area contributed by atoms with Gasteiger partial charge in [-0.15, -0.1) is 0 Å². The van der Waals surface area contributed by atoms with Gasteiger partial charge in [0.25, 0.3) is 0 Å². The van der Waals surface area contributed by atoms with Crippen LogP contribution in [-0.2, 0) is 9.59 Å². The minimum Gasteiger partial charge on any atom is -0.397 e. The van der Waals surface area contributed by atoms with Gasteiger partial charge in [0.1, 0.15) is 0 Å². The van der Waals surface area contributed by atoms with Crippen LogP contribution in [0.4, 0.5) is 11.4 Å². The number of carbonyl (C=O) groups is 2. The maximum Gasteiger partial charge on any atom is 0.226 e. The molecule has 0 aliphatic heterocycles. The van der Waals surface area contributed by atoms with E-state index in [4.69, 9.17) is 17.3 Å². The molecule has 35 heavy (non-hydrogen) atoms. The molecule has 0 aliphatic rings. The SMILES string of the molecule is CCCCCCCCCCCCCCC(CCCC)C(=O)NCCC(=O)Nc1ccc(Cl)c(N)c1. The van der Waals surface area contributed by atoms with Crippen LogP contribution in [-0.4, -0.2) is 18.4 Å². The van der Waals surface area contributed by atoms with E-state index in [1.807, 2.05) is 0 Å². The Kier molecular flexibility index (Phi) is 18.3. The summed E-state index contributed by atoms with van der Waals surface area (Å²) in [6.45, 7) is 4.77. The summed E-state index contributed by atoms with van der Waals surface area (Å²) in [5, 5.41) is 6.23. The largest absolute Gasteiger partial charge is 0.397 e. The highest BCUT2D eigenvalue weighted by Gasteiger charge is 2.17. The predicted molar refractivity (Wildman–Crippen MR) is 151 cm³/mol. The summed E-state index contributed by atoms with van der Waals surface area (Å²) in [4.78, 5) is 24.9. The summed E-state index contributed by atoms with van der Waals surface area (Å²) in [7, 11) is 0. The number of amides is 2. The van der Waals surface area contributed by atoms with Gasteiger partial charge in [-0.05, 0) is 31.0 Å². The first kappa shape index (κ1) is 31.3. The van der Waals surface area contributed by atoms with Gasteiger partial charge in [-0.2, -0.15) is 0 Å². The smallest absolute Gasteiger partial charge is 0.226 e. The third-order valence-corrected chi connectivity index (χ3v) is 6.96. The van der Waals surface area contributed by atoms with Gasteiger partial charge in [-0.25, -0.2) is 0 Å². The summed E-state index contributed by atoms with van der Waals surface area (Å²) in [5.41, 5.74) is 6.81. The average Bonchev–Trinajstić information content (AvgIpc) is 2.83. The van der Waals surface area contributed by atoms with Crippen molar-refractivity contribution in [2.24, 2.45) is 5.92 Å². The zero-order chi connectivity index (χ0) is 25.7. The predicted octanol–water partition coefficient (Wildman–Crippen LogP) is 8.26. The van der Waals surface area contributed by atoms with Gasteiger partial charge < -0.3 is 16.4 Å². The standard InChI is InChI=1S/C29H50ClN3O2/c1-3-5-7-8-9-10-11-12-13-14-15-16-18-24(17-6-4-2)29(35)32-22-21-28(34)33-25-19-20-26(30)27(31)23-25/h19-20,23-24H,3-18,21-22,31H2,1-2H3,(H,32,35)(H,33,34). The molecule has 5 nitrogen and oxygen atoms in total. The van der Waals surface area contributed by atoms with Crippen molar-refractivity contribution in [1.29, 1.82) is 0 Å². The summed E-state index contributed by atoms with van der Waals surface area (Å²) in [5.74, 6) is -0.0136. The highest BCUT2D eigenvalue weighted by molar-refractivity contribution is 6.33. The van der Waals surface area contributed by atoms with Crippen LogP contribution < -0.4 is 16.4 Å². The molecule has 0 spiro atoms. The summed E-state index contributed by atoms with van der Waals surface area (Å²) in [6.07, 6.45) is 20.1. The highest BCUT2D eigenvalue weighted by Crippen LogP contribution is 2.22. The summed E-state index contributed by atoms with van der Waals surface area (Å²) < 4.78 is 0. The van der Waals surface area contributed by atoms with E-state index in [1.54, 1.807) is 18.2 Å². The molecule has 1 atom stereocenters. The van der Waals surface area contributed by atoms with Crippen LogP contribution in [0.2, 0.25) is 5.02 Å². The Labute approximate surface area is 219 Å². The lowest BCUT2D eigenvalue weighted by molar-refractivity contribution is -0.125. The Morgan fingerprint density at radius 2 is 1.37 bits per heavy atom. The van der Waals surface area contributed by atoms with Crippen LogP contribution >= 0.6 is 11.6 Å². The van der Waals surface area contributed by atoms with Crippen LogP contribution in [0.5, 0.6) is 0 Å². The van der Waals surface area contributed by atoms with Gasteiger partial charge in [-0.1, -0.05) is 115 Å². The van der Waals surface area contributed by atoms with Gasteiger partial charge in [-0.3, -0.25) is 9.59 Å². The van der Waals surface area contributed by atoms with Crippen molar-refractivity contribution in [3.63, 3.8) is 0 Å². The second kappa shape index (κ2) is 20.4. The Hall–Kier alpha value is -1.75. The second-order valence-corrected chi connectivity index (χ2v) is 10.2. The molecule has 0 fully saturated rings. The van der Waals surface area contributed by atoms with Crippen molar-refractivity contribution in [2.75, 3.05) is 17.6 Å². The van der Waals surface area contributed by atoms with E-state index in [-0.39, 0.29) is 24.2 Å². The van der Waals surface area contributed by atoms with Crippen LogP contribution in [0.3, 0.4) is 0 Å². The van der Waals surface area contributed by atoms with E-state index < -0.39 is 0 Å². The minimum atomic E-state index is -0.155. The lowest BCUT2D eigenvalue weighted by Gasteiger charge is -2.16. The molecule has 0 saturated heterocycles. The fourth-order valence-electron chi connectivity index (χ4n) is 4.38. The van der Waals surface area contributed by atoms with E-state index in [0.717, 1.165) is 32.1 Å². The summed E-state index contributed by atoms with van der Waals surface area (Å²) >= 11 is 5.91. The second-order valence-electron chi connectivity index (χ2n) is 9.84. The maximum atomic E-state index is 12.7. The van der Waals surface area contributed by atoms with Crippen LogP contribution in [0.1, 0.15) is 123 Å². The number of nitrogen functional groups attached to an aromatic ring is 1. The molecule has 1 unspecified atom stereocenters. The molecule has 0 aromatic heterocycles. The zero-order valence-corrected chi connectivity index (χ0v) is 23.1. The molecule has 200 valence electrons. The van der Waals surface area contributed by atoms with E-state index in [1.165, 1.54) is 70.6 Å². The normalized spacial score (nSPS) is 11.9. The van der Waals surface area contributed by atoms with Crippen LogP contribution in [0.15, 0.2) is 18.2 Å². The molecule has 4 N–H and O–H groups in total. The van der Waals surface area contributed by atoms with Crippen molar-refractivity contribution in [3.05, 3.63) is 23.2 Å². The number of nitrogens with two attached hydrogens (primary N) is 1. The van der Waals surface area contributed by atoms with Gasteiger partial charge in [0.05, 0.1) is 10.7 Å². The minimum absolute atomic E-state index is 0.0530. The van der Waals surface area contributed by atoms with Crippen molar-refractivity contribution in [2.45, 2.75) is 123 Å². The van der Waals surface area contributed by atoms with E-state index >= 15 is 0 Å². The lowest BCUT2D eigenvalue weighted by atomic mass is 9.94. The van der Waals surface area contributed by atoms with Crippen molar-refractivity contribution < 1.29 is 9.59 Å². The monoisotopic (exact) mass is 507 g/mol. The van der Waals surface area contributed by atoms with Gasteiger partial charge in [0, 0.05) is 24.6 Å². The number of hydrogen-bond donors (Lipinski definition) is 3. The fraction of sp³-hybridized carbons (Fsp3) is 0.724. The van der Waals surface area contributed by atoms with E-state index in [2.05, 4.69) is 24.5 Å². The lowest BCUT2D eigenvalue weighted by Crippen LogP contribution is -2.33. The van der Waals surface area contributed by atoms with Crippen LogP contribution in [0, 0.1) is 5.92 Å². The van der Waals surface area contributed by atoms with Gasteiger partial charge in [0.2, 0.25) is 11.8 Å². The third-order valence-electron chi connectivity index (χ3n) is 6.61. The first-order valence-corrected chi connectivity index (χ1v) is 14.5. The highest BCUT2D eigenvalue weighted by atomic mass is 35.5.